The lowest BCUT2D eigenvalue weighted by molar-refractivity contribution is -0.0609. The molecule has 0 aromatic rings. The summed E-state index contributed by atoms with van der Waals surface area (Å²) in [6, 6.07) is 0. The zero-order chi connectivity index (χ0) is 10.7. The number of halogens is 1. The molecule has 2 aliphatic rings. The number of hydrogen-bond acceptors (Lipinski definition) is 3. The van der Waals surface area contributed by atoms with E-state index in [9.17, 15) is 0 Å². The third kappa shape index (κ3) is 4.44. The van der Waals surface area contributed by atoms with Crippen molar-refractivity contribution >= 4 is 24.2 Å². The molecule has 0 aromatic heterocycles. The van der Waals surface area contributed by atoms with Crippen LogP contribution in [0, 0.1) is 5.41 Å². The predicted molar refractivity (Wildman–Crippen MR) is 73.5 cm³/mol. The van der Waals surface area contributed by atoms with Gasteiger partial charge in [-0.05, 0) is 25.0 Å². The summed E-state index contributed by atoms with van der Waals surface area (Å²) < 4.78 is 5.87. The van der Waals surface area contributed by atoms with E-state index >= 15 is 0 Å². The van der Waals surface area contributed by atoms with Crippen molar-refractivity contribution in [3.8, 4) is 0 Å². The summed E-state index contributed by atoms with van der Waals surface area (Å²) in [4.78, 5) is 0. The van der Waals surface area contributed by atoms with Crippen LogP contribution in [0.15, 0.2) is 0 Å². The Hall–Kier alpha value is 0.560. The Kier molecular flexibility index (Phi) is 5.92. The molecule has 2 unspecified atom stereocenters. The monoisotopic (exact) mass is 265 g/mol. The molecule has 2 atom stereocenters. The maximum absolute atomic E-state index is 5.87. The minimum absolute atomic E-state index is 0. The van der Waals surface area contributed by atoms with Crippen LogP contribution < -0.4 is 5.32 Å². The van der Waals surface area contributed by atoms with E-state index in [4.69, 9.17) is 4.74 Å². The van der Waals surface area contributed by atoms with Crippen molar-refractivity contribution in [2.45, 2.75) is 51.0 Å². The standard InChI is InChI=1S/C12H23NOS.ClH/c1-12(2)8-13-11(14-9-12)7-10-5-3-4-6-15-10;/h10-11,13H,3-9H2,1-2H3;1H. The minimum Gasteiger partial charge on any atom is -0.363 e. The van der Waals surface area contributed by atoms with E-state index in [-0.39, 0.29) is 12.4 Å². The second-order valence-corrected chi connectivity index (χ2v) is 6.98. The SMILES string of the molecule is CC1(C)CNC(CC2CCCCS2)OC1.Cl. The third-order valence-corrected chi connectivity index (χ3v) is 4.66. The molecule has 2 saturated heterocycles. The molecule has 4 heteroatoms. The molecule has 0 saturated carbocycles. The average Bonchev–Trinajstić information content (AvgIpc) is 2.23. The van der Waals surface area contributed by atoms with E-state index in [2.05, 4.69) is 30.9 Å². The van der Waals surface area contributed by atoms with Crippen LogP contribution in [-0.2, 0) is 4.74 Å². The molecule has 2 rings (SSSR count). The molecular formula is C12H24ClNOS. The van der Waals surface area contributed by atoms with Crippen molar-refractivity contribution in [3.63, 3.8) is 0 Å². The zero-order valence-electron chi connectivity index (χ0n) is 10.3. The number of hydrogen-bond donors (Lipinski definition) is 1. The molecule has 0 aromatic carbocycles. The second-order valence-electron chi connectivity index (χ2n) is 5.57. The van der Waals surface area contributed by atoms with E-state index in [1.807, 2.05) is 0 Å². The first kappa shape index (κ1) is 14.6. The van der Waals surface area contributed by atoms with E-state index in [1.165, 1.54) is 31.4 Å². The smallest absolute Gasteiger partial charge is 0.109 e. The van der Waals surface area contributed by atoms with Crippen molar-refractivity contribution in [1.29, 1.82) is 0 Å². The molecule has 16 heavy (non-hydrogen) atoms. The van der Waals surface area contributed by atoms with Gasteiger partial charge in [0.1, 0.15) is 6.23 Å². The number of nitrogens with one attached hydrogen (secondary N) is 1. The highest BCUT2D eigenvalue weighted by molar-refractivity contribution is 7.99. The predicted octanol–water partition coefficient (Wildman–Crippen LogP) is 3.06. The van der Waals surface area contributed by atoms with Crippen molar-refractivity contribution in [2.75, 3.05) is 18.9 Å². The molecule has 0 bridgehead atoms. The summed E-state index contributed by atoms with van der Waals surface area (Å²) in [6.45, 7) is 6.51. The van der Waals surface area contributed by atoms with Gasteiger partial charge in [-0.15, -0.1) is 12.4 Å². The molecule has 2 heterocycles. The molecule has 0 aliphatic carbocycles. The quantitative estimate of drug-likeness (QED) is 0.829. The summed E-state index contributed by atoms with van der Waals surface area (Å²) in [5.41, 5.74) is 0.316. The second kappa shape index (κ2) is 6.48. The van der Waals surface area contributed by atoms with Gasteiger partial charge in [0.2, 0.25) is 0 Å². The van der Waals surface area contributed by atoms with Crippen molar-refractivity contribution in [2.24, 2.45) is 5.41 Å². The Morgan fingerprint density at radius 2 is 2.19 bits per heavy atom. The minimum atomic E-state index is 0. The lowest BCUT2D eigenvalue weighted by Gasteiger charge is -2.37. The van der Waals surface area contributed by atoms with Gasteiger partial charge in [0.25, 0.3) is 0 Å². The lowest BCUT2D eigenvalue weighted by atomic mass is 9.93. The summed E-state index contributed by atoms with van der Waals surface area (Å²) in [5.74, 6) is 1.35. The lowest BCUT2D eigenvalue weighted by Crippen LogP contribution is -2.48. The number of thioether (sulfide) groups is 1. The van der Waals surface area contributed by atoms with Crippen LogP contribution in [0.4, 0.5) is 0 Å². The van der Waals surface area contributed by atoms with Gasteiger partial charge >= 0.3 is 0 Å². The highest BCUT2D eigenvalue weighted by atomic mass is 35.5. The summed E-state index contributed by atoms with van der Waals surface area (Å²) in [6.07, 6.45) is 5.72. The Morgan fingerprint density at radius 1 is 1.38 bits per heavy atom. The van der Waals surface area contributed by atoms with Crippen molar-refractivity contribution in [3.05, 3.63) is 0 Å². The fraction of sp³-hybridized carbons (Fsp3) is 1.00. The first-order chi connectivity index (χ1) is 7.16. The van der Waals surface area contributed by atoms with Crippen LogP contribution in [-0.4, -0.2) is 30.4 Å². The van der Waals surface area contributed by atoms with Crippen molar-refractivity contribution < 1.29 is 4.74 Å². The fourth-order valence-corrected chi connectivity index (χ4v) is 3.56. The molecule has 0 amide bonds. The molecule has 96 valence electrons. The van der Waals surface area contributed by atoms with Gasteiger partial charge in [-0.2, -0.15) is 11.8 Å². The Labute approximate surface area is 110 Å². The molecule has 2 aliphatic heterocycles. The molecule has 0 spiro atoms. The Balaban J connectivity index is 0.00000128. The Bertz CT molecular complexity index is 197. The van der Waals surface area contributed by atoms with Crippen LogP contribution in [0.1, 0.15) is 39.5 Å². The van der Waals surface area contributed by atoms with Crippen LogP contribution in [0.25, 0.3) is 0 Å². The highest BCUT2D eigenvalue weighted by Gasteiger charge is 2.28. The van der Waals surface area contributed by atoms with Gasteiger partial charge in [0, 0.05) is 17.2 Å². The van der Waals surface area contributed by atoms with E-state index in [0.29, 0.717) is 11.6 Å². The average molecular weight is 266 g/mol. The largest absolute Gasteiger partial charge is 0.363 e. The first-order valence-corrected chi connectivity index (χ1v) is 7.17. The van der Waals surface area contributed by atoms with Gasteiger partial charge in [0.05, 0.1) is 6.61 Å². The first-order valence-electron chi connectivity index (χ1n) is 6.12. The highest BCUT2D eigenvalue weighted by Crippen LogP contribution is 2.30. The number of rotatable bonds is 2. The van der Waals surface area contributed by atoms with Gasteiger partial charge < -0.3 is 4.74 Å². The van der Waals surface area contributed by atoms with Gasteiger partial charge in [0.15, 0.2) is 0 Å². The van der Waals surface area contributed by atoms with E-state index in [1.54, 1.807) is 0 Å². The third-order valence-electron chi connectivity index (χ3n) is 3.23. The Morgan fingerprint density at radius 3 is 2.75 bits per heavy atom. The fourth-order valence-electron chi connectivity index (χ4n) is 2.21. The van der Waals surface area contributed by atoms with Crippen molar-refractivity contribution in [1.82, 2.24) is 5.32 Å². The molecule has 1 N–H and O–H groups in total. The van der Waals surface area contributed by atoms with Crippen LogP contribution in [0.2, 0.25) is 0 Å². The molecule has 0 radical (unpaired) electrons. The normalized spacial score (nSPS) is 34.1. The number of ether oxygens (including phenoxy) is 1. The zero-order valence-corrected chi connectivity index (χ0v) is 12.0. The summed E-state index contributed by atoms with van der Waals surface area (Å²) >= 11 is 2.14. The van der Waals surface area contributed by atoms with E-state index in [0.717, 1.165) is 18.4 Å². The molecular weight excluding hydrogens is 242 g/mol. The van der Waals surface area contributed by atoms with E-state index < -0.39 is 0 Å². The summed E-state index contributed by atoms with van der Waals surface area (Å²) in [7, 11) is 0. The van der Waals surface area contributed by atoms with Crippen LogP contribution in [0.3, 0.4) is 0 Å². The topological polar surface area (TPSA) is 21.3 Å². The van der Waals surface area contributed by atoms with Crippen LogP contribution >= 0.6 is 24.2 Å². The van der Waals surface area contributed by atoms with Gasteiger partial charge in [-0.25, -0.2) is 0 Å². The maximum atomic E-state index is 5.87. The molecule has 2 nitrogen and oxygen atoms in total. The van der Waals surface area contributed by atoms with Gasteiger partial charge in [-0.3, -0.25) is 5.32 Å². The summed E-state index contributed by atoms with van der Waals surface area (Å²) in [5, 5.41) is 4.35. The van der Waals surface area contributed by atoms with Gasteiger partial charge in [-0.1, -0.05) is 20.3 Å². The molecule has 2 fully saturated rings. The maximum Gasteiger partial charge on any atom is 0.109 e. The van der Waals surface area contributed by atoms with Crippen LogP contribution in [0.5, 0.6) is 0 Å².